The van der Waals surface area contributed by atoms with E-state index >= 15 is 0 Å². The van der Waals surface area contributed by atoms with E-state index in [0.29, 0.717) is 0 Å². The second-order valence-corrected chi connectivity index (χ2v) is 5.68. The largest absolute Gasteiger partial charge is 0.463 e. The lowest BCUT2D eigenvalue weighted by atomic mass is 9.98. The standard InChI is InChI=1S/C16H22O11/c1-7(17)22-6-12-13(23-8(2)18)14(24-9(3)19)15(25-10(4)20)16(27-12)26-11(5)21/h12-16H,6H2,1-5H3/t12?,13-,14-,15?,16?/m1/s1. The first kappa shape index (κ1) is 22.4. The molecule has 3 unspecified atom stereocenters. The molecular weight excluding hydrogens is 368 g/mol. The maximum Gasteiger partial charge on any atom is 0.305 e. The first-order valence-electron chi connectivity index (χ1n) is 7.99. The van der Waals surface area contributed by atoms with Crippen molar-refractivity contribution in [3.05, 3.63) is 0 Å². The molecule has 0 aromatic carbocycles. The Bertz CT molecular complexity index is 599. The van der Waals surface area contributed by atoms with Crippen molar-refractivity contribution in [1.29, 1.82) is 0 Å². The fourth-order valence-corrected chi connectivity index (χ4v) is 2.45. The predicted molar refractivity (Wildman–Crippen MR) is 83.7 cm³/mol. The number of rotatable bonds is 6. The SMILES string of the molecule is CC(=O)OCC1OC(OC(C)=O)C(OC(C)=O)[C@H](OC(C)=O)[C@@H]1OC(C)=O. The summed E-state index contributed by atoms with van der Waals surface area (Å²) < 4.78 is 30.8. The highest BCUT2D eigenvalue weighted by molar-refractivity contribution is 5.69. The number of hydrogen-bond donors (Lipinski definition) is 0. The van der Waals surface area contributed by atoms with E-state index in [4.69, 9.17) is 28.4 Å². The Morgan fingerprint density at radius 1 is 0.630 bits per heavy atom. The molecule has 11 nitrogen and oxygen atoms in total. The Morgan fingerprint density at radius 2 is 1.07 bits per heavy atom. The molecule has 0 aromatic rings. The molecule has 0 saturated carbocycles. The van der Waals surface area contributed by atoms with Crippen LogP contribution in [0.2, 0.25) is 0 Å². The van der Waals surface area contributed by atoms with Gasteiger partial charge in [-0.1, -0.05) is 0 Å². The molecule has 27 heavy (non-hydrogen) atoms. The lowest BCUT2D eigenvalue weighted by molar-refractivity contribution is -0.300. The predicted octanol–water partition coefficient (Wildman–Crippen LogP) is -0.367. The third-order valence-corrected chi connectivity index (χ3v) is 3.23. The number of carbonyl (C=O) groups is 5. The van der Waals surface area contributed by atoms with Crippen LogP contribution in [0.5, 0.6) is 0 Å². The molecule has 0 amide bonds. The summed E-state index contributed by atoms with van der Waals surface area (Å²) in [7, 11) is 0. The minimum Gasteiger partial charge on any atom is -0.463 e. The van der Waals surface area contributed by atoms with Crippen LogP contribution < -0.4 is 0 Å². The molecule has 0 radical (unpaired) electrons. The molecule has 1 heterocycles. The van der Waals surface area contributed by atoms with Gasteiger partial charge in [0.1, 0.15) is 12.7 Å². The van der Waals surface area contributed by atoms with Crippen LogP contribution in [0.3, 0.4) is 0 Å². The summed E-state index contributed by atoms with van der Waals surface area (Å²) in [6, 6.07) is 0. The highest BCUT2D eigenvalue weighted by Gasteiger charge is 2.53. The van der Waals surface area contributed by atoms with Gasteiger partial charge in [-0.2, -0.15) is 0 Å². The number of esters is 5. The van der Waals surface area contributed by atoms with Crippen LogP contribution in [0.15, 0.2) is 0 Å². The zero-order valence-corrected chi connectivity index (χ0v) is 15.6. The van der Waals surface area contributed by atoms with Crippen molar-refractivity contribution in [1.82, 2.24) is 0 Å². The molecular formula is C16H22O11. The Balaban J connectivity index is 3.29. The van der Waals surface area contributed by atoms with Crippen molar-refractivity contribution in [2.75, 3.05) is 6.61 Å². The summed E-state index contributed by atoms with van der Waals surface area (Å²) in [4.78, 5) is 57.0. The van der Waals surface area contributed by atoms with Crippen LogP contribution >= 0.6 is 0 Å². The van der Waals surface area contributed by atoms with Crippen LogP contribution in [0.1, 0.15) is 34.6 Å². The average molecular weight is 390 g/mol. The Kier molecular flexibility index (Phi) is 8.16. The van der Waals surface area contributed by atoms with E-state index in [-0.39, 0.29) is 0 Å². The second-order valence-electron chi connectivity index (χ2n) is 5.68. The van der Waals surface area contributed by atoms with Crippen molar-refractivity contribution in [3.8, 4) is 0 Å². The maximum atomic E-state index is 11.5. The lowest BCUT2D eigenvalue weighted by Crippen LogP contribution is -2.63. The molecule has 1 fully saturated rings. The molecule has 0 spiro atoms. The smallest absolute Gasteiger partial charge is 0.305 e. The minimum atomic E-state index is -1.48. The van der Waals surface area contributed by atoms with Gasteiger partial charge in [-0.15, -0.1) is 0 Å². The number of hydrogen-bond acceptors (Lipinski definition) is 11. The Labute approximate surface area is 155 Å². The molecule has 0 aromatic heterocycles. The van der Waals surface area contributed by atoms with E-state index < -0.39 is 67.2 Å². The van der Waals surface area contributed by atoms with E-state index in [1.165, 1.54) is 0 Å². The average Bonchev–Trinajstić information content (AvgIpc) is 2.49. The van der Waals surface area contributed by atoms with Gasteiger partial charge in [0.05, 0.1) is 0 Å². The summed E-state index contributed by atoms with van der Waals surface area (Å²) in [6.45, 7) is 5.13. The zero-order valence-electron chi connectivity index (χ0n) is 15.6. The molecule has 1 aliphatic rings. The molecule has 0 bridgehead atoms. The van der Waals surface area contributed by atoms with Crippen molar-refractivity contribution in [3.63, 3.8) is 0 Å². The summed E-state index contributed by atoms with van der Waals surface area (Å²) in [5, 5.41) is 0. The first-order chi connectivity index (χ1) is 12.5. The van der Waals surface area contributed by atoms with Crippen molar-refractivity contribution in [2.24, 2.45) is 0 Å². The van der Waals surface area contributed by atoms with E-state index in [9.17, 15) is 24.0 Å². The third-order valence-electron chi connectivity index (χ3n) is 3.23. The van der Waals surface area contributed by atoms with Crippen molar-refractivity contribution < 1.29 is 52.4 Å². The lowest BCUT2D eigenvalue weighted by Gasteiger charge is -2.43. The van der Waals surface area contributed by atoms with Crippen molar-refractivity contribution in [2.45, 2.75) is 65.3 Å². The second kappa shape index (κ2) is 9.86. The summed E-state index contributed by atoms with van der Waals surface area (Å²) in [5.74, 6) is -3.71. The maximum absolute atomic E-state index is 11.5. The molecule has 11 heteroatoms. The minimum absolute atomic E-state index is 0.393. The molecule has 1 rings (SSSR count). The van der Waals surface area contributed by atoms with Crippen LogP contribution in [0.25, 0.3) is 0 Å². The summed E-state index contributed by atoms with van der Waals surface area (Å²) >= 11 is 0. The van der Waals surface area contributed by atoms with Gasteiger partial charge in [-0.05, 0) is 0 Å². The highest BCUT2D eigenvalue weighted by Crippen LogP contribution is 2.29. The molecule has 0 aliphatic carbocycles. The summed E-state index contributed by atoms with van der Waals surface area (Å²) in [6.07, 6.45) is -6.70. The van der Waals surface area contributed by atoms with E-state index in [1.54, 1.807) is 0 Å². The van der Waals surface area contributed by atoms with Gasteiger partial charge in [0.25, 0.3) is 0 Å². The first-order valence-corrected chi connectivity index (χ1v) is 7.99. The van der Waals surface area contributed by atoms with Crippen LogP contribution in [0.4, 0.5) is 0 Å². The van der Waals surface area contributed by atoms with Gasteiger partial charge in [-0.25, -0.2) is 0 Å². The van der Waals surface area contributed by atoms with Gasteiger partial charge in [0, 0.05) is 34.6 Å². The fraction of sp³-hybridized carbons (Fsp3) is 0.688. The number of ether oxygens (including phenoxy) is 6. The highest BCUT2D eigenvalue weighted by atomic mass is 16.7. The molecule has 1 aliphatic heterocycles. The van der Waals surface area contributed by atoms with Gasteiger partial charge >= 0.3 is 29.8 Å². The normalized spacial score (nSPS) is 27.1. The zero-order chi connectivity index (χ0) is 20.7. The topological polar surface area (TPSA) is 141 Å². The van der Waals surface area contributed by atoms with Crippen LogP contribution in [0, 0.1) is 0 Å². The number of carbonyl (C=O) groups excluding carboxylic acids is 5. The Morgan fingerprint density at radius 3 is 1.52 bits per heavy atom. The van der Waals surface area contributed by atoms with Gasteiger partial charge in [-0.3, -0.25) is 24.0 Å². The monoisotopic (exact) mass is 390 g/mol. The summed E-state index contributed by atoms with van der Waals surface area (Å²) in [5.41, 5.74) is 0. The quantitative estimate of drug-likeness (QED) is 0.433. The van der Waals surface area contributed by atoms with E-state index in [0.717, 1.165) is 34.6 Å². The van der Waals surface area contributed by atoms with Gasteiger partial charge < -0.3 is 28.4 Å². The molecule has 1 saturated heterocycles. The fourth-order valence-electron chi connectivity index (χ4n) is 2.45. The van der Waals surface area contributed by atoms with E-state index in [1.807, 2.05) is 0 Å². The van der Waals surface area contributed by atoms with Crippen molar-refractivity contribution >= 4 is 29.8 Å². The van der Waals surface area contributed by atoms with Gasteiger partial charge in [0.2, 0.25) is 12.4 Å². The molecule has 5 atom stereocenters. The van der Waals surface area contributed by atoms with E-state index in [2.05, 4.69) is 0 Å². The Hall–Kier alpha value is -2.69. The molecule has 152 valence electrons. The van der Waals surface area contributed by atoms with Crippen LogP contribution in [-0.2, 0) is 52.4 Å². The third kappa shape index (κ3) is 7.21. The van der Waals surface area contributed by atoms with Crippen LogP contribution in [-0.4, -0.2) is 67.2 Å². The molecule has 0 N–H and O–H groups in total. The van der Waals surface area contributed by atoms with Gasteiger partial charge in [0.15, 0.2) is 12.2 Å².